The van der Waals surface area contributed by atoms with Gasteiger partial charge in [0.25, 0.3) is 5.91 Å². The number of aliphatic hydroxyl groups is 1. The van der Waals surface area contributed by atoms with Crippen molar-refractivity contribution < 1.29 is 29.1 Å². The van der Waals surface area contributed by atoms with Crippen molar-refractivity contribution in [1.82, 2.24) is 4.90 Å². The third kappa shape index (κ3) is 4.59. The summed E-state index contributed by atoms with van der Waals surface area (Å²) in [6.07, 6.45) is 0. The van der Waals surface area contributed by atoms with Crippen LogP contribution >= 0.6 is 11.6 Å². The van der Waals surface area contributed by atoms with Crippen molar-refractivity contribution in [1.29, 1.82) is 5.26 Å². The molecule has 0 radical (unpaired) electrons. The third-order valence-corrected chi connectivity index (χ3v) is 4.31. The molecule has 0 unspecified atom stereocenters. The van der Waals surface area contributed by atoms with Crippen LogP contribution in [0.1, 0.15) is 11.1 Å². The molecule has 0 heterocycles. The van der Waals surface area contributed by atoms with Crippen molar-refractivity contribution in [3.63, 3.8) is 0 Å². The fourth-order valence-corrected chi connectivity index (χ4v) is 2.70. The first-order valence-electron chi connectivity index (χ1n) is 8.19. The highest BCUT2D eigenvalue weighted by atomic mass is 35.5. The molecule has 156 valence electrons. The van der Waals surface area contributed by atoms with Crippen LogP contribution in [0, 0.1) is 27.3 Å². The van der Waals surface area contributed by atoms with Crippen molar-refractivity contribution >= 4 is 29.0 Å². The monoisotopic (exact) mass is 435 g/mol. The van der Waals surface area contributed by atoms with Gasteiger partial charge in [0.15, 0.2) is 11.3 Å². The van der Waals surface area contributed by atoms with Crippen molar-refractivity contribution in [2.24, 2.45) is 0 Å². The molecule has 2 aromatic rings. The summed E-state index contributed by atoms with van der Waals surface area (Å²) in [4.78, 5) is 23.8. The molecule has 0 fully saturated rings. The Balaban J connectivity index is 2.46. The predicted octanol–water partition coefficient (Wildman–Crippen LogP) is 3.55. The number of phenolic OH excluding ortho intramolecular Hbond substituents is 1. The number of phenols is 1. The number of benzene rings is 2. The lowest BCUT2D eigenvalue weighted by Crippen LogP contribution is -2.28. The Morgan fingerprint density at radius 2 is 2.07 bits per heavy atom. The Kier molecular flexibility index (Phi) is 6.81. The number of hydrogen-bond donors (Lipinski definition) is 2. The number of hydrogen-bond acceptors (Lipinski definition) is 7. The average molecular weight is 436 g/mol. The first-order chi connectivity index (χ1) is 14.1. The first-order valence-corrected chi connectivity index (χ1v) is 8.57. The molecular formula is C19H15ClFN3O6. The summed E-state index contributed by atoms with van der Waals surface area (Å²) in [6, 6.07) is 7.22. The number of aromatic hydroxyl groups is 1. The summed E-state index contributed by atoms with van der Waals surface area (Å²) in [5, 5.41) is 40.9. The molecule has 9 nitrogen and oxygen atoms in total. The topological polar surface area (TPSA) is 137 Å². The lowest BCUT2D eigenvalue weighted by molar-refractivity contribution is -0.386. The van der Waals surface area contributed by atoms with Crippen LogP contribution in [-0.2, 0) is 11.3 Å². The van der Waals surface area contributed by atoms with Crippen LogP contribution in [-0.4, -0.2) is 40.1 Å². The number of nitriles is 1. The van der Waals surface area contributed by atoms with Crippen molar-refractivity contribution in [2.45, 2.75) is 6.54 Å². The fourth-order valence-electron chi connectivity index (χ4n) is 2.54. The second-order valence-electron chi connectivity index (χ2n) is 6.04. The maximum absolute atomic E-state index is 14.0. The SMILES string of the molecule is COc1cc(/C(O)=C(\C#N)C(=O)N(C)Cc2ccc(Cl)cc2F)cc([N+](=O)[O-])c1O. The molecule has 0 bridgehead atoms. The molecule has 0 aliphatic carbocycles. The van der Waals surface area contributed by atoms with Gasteiger partial charge in [0.1, 0.15) is 17.6 Å². The van der Waals surface area contributed by atoms with E-state index in [0.717, 1.165) is 30.2 Å². The second kappa shape index (κ2) is 9.11. The number of amides is 1. The normalized spacial score (nSPS) is 11.3. The number of nitrogens with zero attached hydrogens (tertiary/aromatic N) is 3. The molecule has 0 saturated carbocycles. The smallest absolute Gasteiger partial charge is 0.315 e. The molecule has 1 amide bonds. The van der Waals surface area contributed by atoms with E-state index in [0.29, 0.717) is 0 Å². The maximum Gasteiger partial charge on any atom is 0.315 e. The average Bonchev–Trinajstić information content (AvgIpc) is 2.70. The molecular weight excluding hydrogens is 421 g/mol. The molecule has 0 aliphatic heterocycles. The third-order valence-electron chi connectivity index (χ3n) is 4.08. The van der Waals surface area contributed by atoms with Crippen LogP contribution in [0.2, 0.25) is 5.02 Å². The van der Waals surface area contributed by atoms with E-state index in [-0.39, 0.29) is 28.4 Å². The van der Waals surface area contributed by atoms with E-state index < -0.39 is 39.4 Å². The van der Waals surface area contributed by atoms with Crippen molar-refractivity contribution in [2.75, 3.05) is 14.2 Å². The highest BCUT2D eigenvalue weighted by Crippen LogP contribution is 2.38. The van der Waals surface area contributed by atoms with E-state index in [2.05, 4.69) is 0 Å². The van der Waals surface area contributed by atoms with E-state index in [1.54, 1.807) is 6.07 Å². The van der Waals surface area contributed by atoms with E-state index in [4.69, 9.17) is 16.3 Å². The Morgan fingerprint density at radius 3 is 2.60 bits per heavy atom. The van der Waals surface area contributed by atoms with Gasteiger partial charge >= 0.3 is 5.69 Å². The molecule has 0 aliphatic rings. The Hall–Kier alpha value is -3.84. The molecule has 0 saturated heterocycles. The number of carbonyl (C=O) groups excluding carboxylic acids is 1. The number of likely N-dealkylation sites (N-methyl/N-ethyl adjacent to an activating group) is 1. The number of nitro groups is 1. The summed E-state index contributed by atoms with van der Waals surface area (Å²) < 4.78 is 18.8. The largest absolute Gasteiger partial charge is 0.506 e. The molecule has 2 N–H and O–H groups in total. The van der Waals surface area contributed by atoms with Crippen LogP contribution in [0.15, 0.2) is 35.9 Å². The lowest BCUT2D eigenvalue weighted by Gasteiger charge is -2.18. The number of rotatable bonds is 6. The zero-order valence-electron chi connectivity index (χ0n) is 15.7. The quantitative estimate of drug-likeness (QED) is 0.232. The van der Waals surface area contributed by atoms with Gasteiger partial charge in [0.2, 0.25) is 5.75 Å². The van der Waals surface area contributed by atoms with E-state index in [1.807, 2.05) is 0 Å². The van der Waals surface area contributed by atoms with Gasteiger partial charge in [-0.05, 0) is 18.2 Å². The highest BCUT2D eigenvalue weighted by Gasteiger charge is 2.26. The molecule has 0 aromatic heterocycles. The summed E-state index contributed by atoms with van der Waals surface area (Å²) in [5.74, 6) is -3.61. The summed E-state index contributed by atoms with van der Waals surface area (Å²) in [5.41, 5.74) is -1.72. The minimum Gasteiger partial charge on any atom is -0.506 e. The molecule has 11 heteroatoms. The van der Waals surface area contributed by atoms with Gasteiger partial charge in [-0.25, -0.2) is 4.39 Å². The number of carbonyl (C=O) groups is 1. The van der Waals surface area contributed by atoms with Crippen molar-refractivity contribution in [3.05, 3.63) is 68.0 Å². The standard InChI is InChI=1S/C19H15ClFN3O6/c1-23(9-10-3-4-12(20)7-14(10)21)19(27)13(8-22)17(25)11-5-15(24(28)29)18(26)16(6-11)30-2/h3-7,25-26H,9H2,1-2H3/b17-13-. The van der Waals surface area contributed by atoms with Gasteiger partial charge in [-0.1, -0.05) is 17.7 Å². The van der Waals surface area contributed by atoms with Gasteiger partial charge in [0, 0.05) is 35.8 Å². The summed E-state index contributed by atoms with van der Waals surface area (Å²) in [6.45, 7) is -0.237. The molecule has 2 aromatic carbocycles. The number of halogens is 2. The predicted molar refractivity (Wildman–Crippen MR) is 104 cm³/mol. The molecule has 0 atom stereocenters. The van der Waals surface area contributed by atoms with E-state index in [1.165, 1.54) is 19.2 Å². The van der Waals surface area contributed by atoms with Gasteiger partial charge in [-0.3, -0.25) is 14.9 Å². The van der Waals surface area contributed by atoms with Crippen LogP contribution in [0.5, 0.6) is 11.5 Å². The second-order valence-corrected chi connectivity index (χ2v) is 6.47. The van der Waals surface area contributed by atoms with Gasteiger partial charge < -0.3 is 19.8 Å². The number of methoxy groups -OCH3 is 1. The highest BCUT2D eigenvalue weighted by molar-refractivity contribution is 6.30. The lowest BCUT2D eigenvalue weighted by atomic mass is 10.1. The number of nitro benzene ring substituents is 1. The molecule has 0 spiro atoms. The van der Waals surface area contributed by atoms with Gasteiger partial charge in [-0.15, -0.1) is 0 Å². The Morgan fingerprint density at radius 1 is 1.40 bits per heavy atom. The van der Waals surface area contributed by atoms with Crippen LogP contribution in [0.3, 0.4) is 0 Å². The zero-order chi connectivity index (χ0) is 22.6. The van der Waals surface area contributed by atoms with Crippen molar-refractivity contribution in [3.8, 4) is 17.6 Å². The van der Waals surface area contributed by atoms with Gasteiger partial charge in [0.05, 0.1) is 12.0 Å². The number of ether oxygens (including phenoxy) is 1. The number of aliphatic hydroxyl groups excluding tert-OH is 1. The zero-order valence-corrected chi connectivity index (χ0v) is 16.5. The maximum atomic E-state index is 14.0. The Bertz CT molecular complexity index is 1100. The van der Waals surface area contributed by atoms with E-state index >= 15 is 0 Å². The van der Waals surface area contributed by atoms with Crippen LogP contribution in [0.25, 0.3) is 5.76 Å². The molecule has 30 heavy (non-hydrogen) atoms. The van der Waals surface area contributed by atoms with E-state index in [9.17, 15) is 34.8 Å². The minimum absolute atomic E-state index is 0.119. The minimum atomic E-state index is -0.959. The Labute approximate surface area is 174 Å². The molecule has 2 rings (SSSR count). The van der Waals surface area contributed by atoms with Crippen LogP contribution < -0.4 is 4.74 Å². The summed E-state index contributed by atoms with van der Waals surface area (Å²) >= 11 is 5.69. The first kappa shape index (κ1) is 22.4. The van der Waals surface area contributed by atoms with Crippen LogP contribution in [0.4, 0.5) is 10.1 Å². The fraction of sp³-hybridized carbons (Fsp3) is 0.158. The summed E-state index contributed by atoms with van der Waals surface area (Å²) in [7, 11) is 2.41. The van der Waals surface area contributed by atoms with Gasteiger partial charge in [-0.2, -0.15) is 5.26 Å².